The SMILES string of the molecule is CC(c1ccc(F)cc1)n1nc(-c2ccc(F)cc2)c2c1CCN(C(=O)N1CC[C@H](O)C1)C2. The Morgan fingerprint density at radius 1 is 1.03 bits per heavy atom. The van der Waals surface area contributed by atoms with Gasteiger partial charge in [0, 0.05) is 42.9 Å². The quantitative estimate of drug-likeness (QED) is 0.654. The number of nitrogens with zero attached hydrogens (tertiary/aromatic N) is 4. The molecule has 3 heterocycles. The van der Waals surface area contributed by atoms with E-state index in [0.717, 1.165) is 28.1 Å². The van der Waals surface area contributed by atoms with Gasteiger partial charge in [0.15, 0.2) is 0 Å². The van der Waals surface area contributed by atoms with Gasteiger partial charge < -0.3 is 14.9 Å². The standard InChI is InChI=1S/C25H26F2N4O2/c1-16(17-2-6-19(26)7-3-17)31-23-11-13-30(25(33)29-12-10-21(32)14-29)15-22(23)24(28-31)18-4-8-20(27)9-5-18/h2-9,16,21,32H,10-15H2,1H3/t16?,21-/m0/s1. The Morgan fingerprint density at radius 2 is 1.70 bits per heavy atom. The second kappa shape index (κ2) is 8.59. The molecule has 0 aliphatic carbocycles. The Labute approximate surface area is 191 Å². The number of likely N-dealkylation sites (tertiary alicyclic amines) is 1. The topological polar surface area (TPSA) is 61.6 Å². The van der Waals surface area contributed by atoms with Gasteiger partial charge in [0.25, 0.3) is 0 Å². The van der Waals surface area contributed by atoms with Crippen LogP contribution in [0.2, 0.25) is 0 Å². The molecule has 0 spiro atoms. The number of fused-ring (bicyclic) bond motifs is 1. The van der Waals surface area contributed by atoms with Gasteiger partial charge in [-0.15, -0.1) is 0 Å². The Kier molecular flexibility index (Phi) is 5.62. The van der Waals surface area contributed by atoms with E-state index in [9.17, 15) is 18.7 Å². The summed E-state index contributed by atoms with van der Waals surface area (Å²) < 4.78 is 29.0. The number of halogens is 2. The van der Waals surface area contributed by atoms with Crippen molar-refractivity contribution in [1.82, 2.24) is 19.6 Å². The summed E-state index contributed by atoms with van der Waals surface area (Å²) in [6.45, 7) is 3.85. The van der Waals surface area contributed by atoms with Crippen LogP contribution < -0.4 is 0 Å². The van der Waals surface area contributed by atoms with Crippen molar-refractivity contribution in [3.05, 3.63) is 77.0 Å². The monoisotopic (exact) mass is 452 g/mol. The molecule has 0 bridgehead atoms. The smallest absolute Gasteiger partial charge is 0.320 e. The minimum Gasteiger partial charge on any atom is -0.391 e. The van der Waals surface area contributed by atoms with E-state index in [1.54, 1.807) is 34.1 Å². The zero-order chi connectivity index (χ0) is 23.1. The number of urea groups is 1. The number of carbonyl (C=O) groups is 1. The zero-order valence-corrected chi connectivity index (χ0v) is 18.4. The van der Waals surface area contributed by atoms with E-state index in [1.165, 1.54) is 24.3 Å². The average Bonchev–Trinajstić information content (AvgIpc) is 3.43. The van der Waals surface area contributed by atoms with Crippen LogP contribution in [0.15, 0.2) is 48.5 Å². The maximum absolute atomic E-state index is 13.6. The van der Waals surface area contributed by atoms with E-state index in [4.69, 9.17) is 5.10 Å². The molecular formula is C25H26F2N4O2. The Hall–Kier alpha value is -3.26. The highest BCUT2D eigenvalue weighted by Crippen LogP contribution is 2.34. The second-order valence-electron chi connectivity index (χ2n) is 8.80. The molecule has 2 aliphatic heterocycles. The van der Waals surface area contributed by atoms with Crippen LogP contribution in [-0.2, 0) is 13.0 Å². The fourth-order valence-corrected chi connectivity index (χ4v) is 4.77. The van der Waals surface area contributed by atoms with E-state index >= 15 is 0 Å². The number of amides is 2. The molecule has 1 N–H and O–H groups in total. The predicted molar refractivity (Wildman–Crippen MR) is 120 cm³/mol. The van der Waals surface area contributed by atoms with E-state index in [2.05, 4.69) is 0 Å². The van der Waals surface area contributed by atoms with Gasteiger partial charge in [-0.2, -0.15) is 5.10 Å². The van der Waals surface area contributed by atoms with E-state index in [1.807, 2.05) is 11.6 Å². The van der Waals surface area contributed by atoms with Crippen LogP contribution in [0, 0.1) is 11.6 Å². The molecule has 1 unspecified atom stereocenters. The first-order chi connectivity index (χ1) is 15.9. The predicted octanol–water partition coefficient (Wildman–Crippen LogP) is 3.98. The highest BCUT2D eigenvalue weighted by atomic mass is 19.1. The Morgan fingerprint density at radius 3 is 2.33 bits per heavy atom. The summed E-state index contributed by atoms with van der Waals surface area (Å²) in [5, 5.41) is 14.7. The van der Waals surface area contributed by atoms with E-state index < -0.39 is 6.10 Å². The largest absolute Gasteiger partial charge is 0.391 e. The number of β-amino-alcohol motifs (C(OH)–C–C–N with tert-alkyl or cyclic N) is 1. The van der Waals surface area contributed by atoms with Crippen LogP contribution in [0.3, 0.4) is 0 Å². The first-order valence-electron chi connectivity index (χ1n) is 11.2. The van der Waals surface area contributed by atoms with E-state index in [-0.39, 0.29) is 23.7 Å². The summed E-state index contributed by atoms with van der Waals surface area (Å²) >= 11 is 0. The number of aromatic nitrogens is 2. The third-order valence-corrected chi connectivity index (χ3v) is 6.63. The Balaban J connectivity index is 1.52. The minimum absolute atomic E-state index is 0.0819. The summed E-state index contributed by atoms with van der Waals surface area (Å²) in [6.07, 6.45) is 0.749. The highest BCUT2D eigenvalue weighted by molar-refractivity contribution is 5.76. The van der Waals surface area contributed by atoms with Gasteiger partial charge >= 0.3 is 6.03 Å². The fourth-order valence-electron chi connectivity index (χ4n) is 4.77. The van der Waals surface area contributed by atoms with Gasteiger partial charge in [-0.05, 0) is 55.3 Å². The summed E-state index contributed by atoms with van der Waals surface area (Å²) in [7, 11) is 0. The van der Waals surface area contributed by atoms with Crippen molar-refractivity contribution in [3.63, 3.8) is 0 Å². The molecule has 8 heteroatoms. The Bertz CT molecular complexity index is 1160. The van der Waals surface area contributed by atoms with Gasteiger partial charge in [0.1, 0.15) is 11.6 Å². The molecule has 3 aromatic rings. The molecule has 0 saturated carbocycles. The van der Waals surface area contributed by atoms with Crippen LogP contribution in [0.5, 0.6) is 0 Å². The van der Waals surface area contributed by atoms with Crippen LogP contribution in [0.1, 0.15) is 36.2 Å². The minimum atomic E-state index is -0.469. The molecule has 5 rings (SSSR count). The number of aliphatic hydroxyl groups is 1. The molecule has 172 valence electrons. The molecule has 2 aliphatic rings. The van der Waals surface area contributed by atoms with Crippen molar-refractivity contribution in [2.24, 2.45) is 0 Å². The number of aliphatic hydroxyl groups excluding tert-OH is 1. The van der Waals surface area contributed by atoms with Crippen molar-refractivity contribution in [1.29, 1.82) is 0 Å². The van der Waals surface area contributed by atoms with Crippen molar-refractivity contribution in [2.45, 2.75) is 38.5 Å². The van der Waals surface area contributed by atoms with Crippen molar-refractivity contribution in [3.8, 4) is 11.3 Å². The van der Waals surface area contributed by atoms with Crippen LogP contribution >= 0.6 is 0 Å². The zero-order valence-electron chi connectivity index (χ0n) is 18.4. The van der Waals surface area contributed by atoms with Gasteiger partial charge in [-0.3, -0.25) is 4.68 Å². The van der Waals surface area contributed by atoms with Gasteiger partial charge in [-0.1, -0.05) is 12.1 Å². The average molecular weight is 453 g/mol. The number of hydrogen-bond donors (Lipinski definition) is 1. The van der Waals surface area contributed by atoms with Gasteiger partial charge in [0.2, 0.25) is 0 Å². The first kappa shape index (κ1) is 21.6. The van der Waals surface area contributed by atoms with Crippen molar-refractivity contribution in [2.75, 3.05) is 19.6 Å². The number of benzene rings is 2. The molecule has 1 aromatic heterocycles. The second-order valence-corrected chi connectivity index (χ2v) is 8.80. The van der Waals surface area contributed by atoms with Gasteiger partial charge in [-0.25, -0.2) is 13.6 Å². The molecule has 2 aromatic carbocycles. The third-order valence-electron chi connectivity index (χ3n) is 6.63. The molecule has 0 radical (unpaired) electrons. The maximum atomic E-state index is 13.6. The molecule has 2 atom stereocenters. The summed E-state index contributed by atoms with van der Waals surface area (Å²) in [4.78, 5) is 16.6. The first-order valence-corrected chi connectivity index (χ1v) is 11.2. The van der Waals surface area contributed by atoms with Crippen LogP contribution in [0.4, 0.5) is 13.6 Å². The van der Waals surface area contributed by atoms with E-state index in [0.29, 0.717) is 39.0 Å². The maximum Gasteiger partial charge on any atom is 0.320 e. The highest BCUT2D eigenvalue weighted by Gasteiger charge is 2.33. The van der Waals surface area contributed by atoms with Crippen molar-refractivity contribution >= 4 is 6.03 Å². The van der Waals surface area contributed by atoms with Gasteiger partial charge in [0.05, 0.1) is 24.4 Å². The lowest BCUT2D eigenvalue weighted by molar-refractivity contribution is 0.142. The lowest BCUT2D eigenvalue weighted by Gasteiger charge is -2.32. The molecule has 33 heavy (non-hydrogen) atoms. The molecular weight excluding hydrogens is 426 g/mol. The summed E-state index contributed by atoms with van der Waals surface area (Å²) in [5.74, 6) is -0.613. The number of rotatable bonds is 3. The molecule has 1 fully saturated rings. The molecule has 1 saturated heterocycles. The fraction of sp³-hybridized carbons (Fsp3) is 0.360. The lowest BCUT2D eigenvalue weighted by Crippen LogP contribution is -2.44. The number of carbonyl (C=O) groups excluding carboxylic acids is 1. The van der Waals surface area contributed by atoms with Crippen LogP contribution in [0.25, 0.3) is 11.3 Å². The number of hydrogen-bond acceptors (Lipinski definition) is 3. The normalized spacial score (nSPS) is 19.0. The molecule has 2 amide bonds. The molecule has 6 nitrogen and oxygen atoms in total. The lowest BCUT2D eigenvalue weighted by atomic mass is 10.00. The third kappa shape index (κ3) is 4.11. The van der Waals surface area contributed by atoms with Crippen molar-refractivity contribution < 1.29 is 18.7 Å². The summed E-state index contributed by atoms with van der Waals surface area (Å²) in [5.41, 5.74) is 4.39. The summed E-state index contributed by atoms with van der Waals surface area (Å²) in [6, 6.07) is 12.4. The van der Waals surface area contributed by atoms with Crippen LogP contribution in [-0.4, -0.2) is 56.5 Å².